The molecule has 6 heteroatoms. The topological polar surface area (TPSA) is 64.9 Å². The van der Waals surface area contributed by atoms with Crippen molar-refractivity contribution in [1.82, 2.24) is 10.1 Å². The summed E-state index contributed by atoms with van der Waals surface area (Å²) in [5.41, 5.74) is 5.69. The number of nitrogens with two attached hydrogens (primary N) is 1. The van der Waals surface area contributed by atoms with Gasteiger partial charge in [0.05, 0.1) is 0 Å². The lowest BCUT2D eigenvalue weighted by Gasteiger charge is -1.99. The van der Waals surface area contributed by atoms with Gasteiger partial charge in [-0.15, -0.1) is 0 Å². The predicted octanol–water partition coefficient (Wildman–Crippen LogP) is 2.08. The molecule has 0 saturated heterocycles. The SMILES string of the molecule is CC(CN)c1nc(-c2cc(F)cc(F)c2)no1. The first kappa shape index (κ1) is 11.7. The Morgan fingerprint density at radius 3 is 2.53 bits per heavy atom. The molecule has 0 amide bonds. The van der Waals surface area contributed by atoms with E-state index in [1.54, 1.807) is 0 Å². The molecule has 2 rings (SSSR count). The maximum atomic E-state index is 13.0. The molecule has 0 bridgehead atoms. The highest BCUT2D eigenvalue weighted by Gasteiger charge is 2.14. The second-order valence-corrected chi connectivity index (χ2v) is 3.75. The molecule has 1 heterocycles. The molecule has 90 valence electrons. The van der Waals surface area contributed by atoms with Gasteiger partial charge in [0.15, 0.2) is 0 Å². The minimum Gasteiger partial charge on any atom is -0.339 e. The summed E-state index contributed by atoms with van der Waals surface area (Å²) in [6.45, 7) is 2.18. The van der Waals surface area contributed by atoms with Gasteiger partial charge in [0, 0.05) is 24.1 Å². The summed E-state index contributed by atoms with van der Waals surface area (Å²) < 4.78 is 31.0. The Labute approximate surface area is 96.4 Å². The molecule has 0 radical (unpaired) electrons. The van der Waals surface area contributed by atoms with E-state index in [4.69, 9.17) is 10.3 Å². The van der Waals surface area contributed by atoms with Crippen LogP contribution in [-0.4, -0.2) is 16.7 Å². The number of aromatic nitrogens is 2. The molecule has 1 atom stereocenters. The fourth-order valence-corrected chi connectivity index (χ4v) is 1.34. The van der Waals surface area contributed by atoms with Gasteiger partial charge in [-0.1, -0.05) is 12.1 Å². The van der Waals surface area contributed by atoms with Crippen LogP contribution in [0.2, 0.25) is 0 Å². The number of rotatable bonds is 3. The van der Waals surface area contributed by atoms with Gasteiger partial charge in [-0.3, -0.25) is 0 Å². The fourth-order valence-electron chi connectivity index (χ4n) is 1.34. The van der Waals surface area contributed by atoms with Crippen LogP contribution in [0.15, 0.2) is 22.7 Å². The zero-order chi connectivity index (χ0) is 12.4. The lowest BCUT2D eigenvalue weighted by atomic mass is 10.2. The highest BCUT2D eigenvalue weighted by Crippen LogP contribution is 2.21. The van der Waals surface area contributed by atoms with Gasteiger partial charge < -0.3 is 10.3 Å². The molecule has 0 aliphatic carbocycles. The second kappa shape index (κ2) is 4.58. The van der Waals surface area contributed by atoms with Crippen LogP contribution >= 0.6 is 0 Å². The molecule has 2 aromatic rings. The molecular weight excluding hydrogens is 228 g/mol. The van der Waals surface area contributed by atoms with Gasteiger partial charge >= 0.3 is 0 Å². The Kier molecular flexibility index (Phi) is 3.14. The molecule has 0 aliphatic heterocycles. The average molecular weight is 239 g/mol. The number of benzene rings is 1. The number of hydrogen-bond acceptors (Lipinski definition) is 4. The molecule has 2 N–H and O–H groups in total. The van der Waals surface area contributed by atoms with Crippen LogP contribution in [0.1, 0.15) is 18.7 Å². The smallest absolute Gasteiger partial charge is 0.231 e. The normalized spacial score (nSPS) is 12.7. The molecular formula is C11H11F2N3O. The lowest BCUT2D eigenvalue weighted by molar-refractivity contribution is 0.361. The first-order valence-electron chi connectivity index (χ1n) is 5.10. The predicted molar refractivity (Wildman–Crippen MR) is 57.1 cm³/mol. The largest absolute Gasteiger partial charge is 0.339 e. The highest BCUT2D eigenvalue weighted by atomic mass is 19.1. The summed E-state index contributed by atoms with van der Waals surface area (Å²) in [4.78, 5) is 4.04. The van der Waals surface area contributed by atoms with Gasteiger partial charge in [0.2, 0.25) is 11.7 Å². The lowest BCUT2D eigenvalue weighted by Crippen LogP contribution is -2.08. The summed E-state index contributed by atoms with van der Waals surface area (Å²) in [6, 6.07) is 3.07. The van der Waals surface area contributed by atoms with Crippen molar-refractivity contribution in [3.8, 4) is 11.4 Å². The minimum atomic E-state index is -0.682. The Hall–Kier alpha value is -1.82. The number of halogens is 2. The summed E-state index contributed by atoms with van der Waals surface area (Å²) in [7, 11) is 0. The third-order valence-electron chi connectivity index (χ3n) is 2.34. The van der Waals surface area contributed by atoms with E-state index < -0.39 is 11.6 Å². The van der Waals surface area contributed by atoms with Gasteiger partial charge in [0.1, 0.15) is 11.6 Å². The van der Waals surface area contributed by atoms with Crippen LogP contribution in [0.5, 0.6) is 0 Å². The molecule has 0 spiro atoms. The van der Waals surface area contributed by atoms with Crippen molar-refractivity contribution in [2.45, 2.75) is 12.8 Å². The standard InChI is InChI=1S/C11H11F2N3O/c1-6(5-14)11-15-10(16-17-11)7-2-8(12)4-9(13)3-7/h2-4,6H,5,14H2,1H3. The quantitative estimate of drug-likeness (QED) is 0.890. The Morgan fingerprint density at radius 2 is 1.94 bits per heavy atom. The zero-order valence-corrected chi connectivity index (χ0v) is 9.15. The fraction of sp³-hybridized carbons (Fsp3) is 0.273. The molecule has 0 aliphatic rings. The third kappa shape index (κ3) is 2.47. The summed E-state index contributed by atoms with van der Waals surface area (Å²) in [5.74, 6) is -0.947. The monoisotopic (exact) mass is 239 g/mol. The molecule has 1 aromatic heterocycles. The van der Waals surface area contributed by atoms with E-state index in [-0.39, 0.29) is 17.3 Å². The van der Waals surface area contributed by atoms with Gasteiger partial charge in [0.25, 0.3) is 0 Å². The minimum absolute atomic E-state index is 0.0883. The van der Waals surface area contributed by atoms with Crippen LogP contribution in [0.25, 0.3) is 11.4 Å². The van der Waals surface area contributed by atoms with Crippen molar-refractivity contribution < 1.29 is 13.3 Å². The Bertz CT molecular complexity index is 507. The average Bonchev–Trinajstić information content (AvgIpc) is 2.76. The van der Waals surface area contributed by atoms with Crippen molar-refractivity contribution in [1.29, 1.82) is 0 Å². The van der Waals surface area contributed by atoms with Gasteiger partial charge in [-0.2, -0.15) is 4.98 Å². The van der Waals surface area contributed by atoms with E-state index in [0.717, 1.165) is 18.2 Å². The molecule has 4 nitrogen and oxygen atoms in total. The maximum absolute atomic E-state index is 13.0. The Balaban J connectivity index is 2.36. The second-order valence-electron chi connectivity index (χ2n) is 3.75. The maximum Gasteiger partial charge on any atom is 0.231 e. The number of hydrogen-bond donors (Lipinski definition) is 1. The zero-order valence-electron chi connectivity index (χ0n) is 9.15. The van der Waals surface area contributed by atoms with Crippen molar-refractivity contribution in [2.75, 3.05) is 6.54 Å². The first-order valence-corrected chi connectivity index (χ1v) is 5.10. The molecule has 17 heavy (non-hydrogen) atoms. The van der Waals surface area contributed by atoms with E-state index in [1.807, 2.05) is 6.92 Å². The summed E-state index contributed by atoms with van der Waals surface area (Å²) in [6.07, 6.45) is 0. The highest BCUT2D eigenvalue weighted by molar-refractivity contribution is 5.54. The van der Waals surface area contributed by atoms with Crippen LogP contribution in [0, 0.1) is 11.6 Å². The Morgan fingerprint density at radius 1 is 1.29 bits per heavy atom. The van der Waals surface area contributed by atoms with E-state index >= 15 is 0 Å². The van der Waals surface area contributed by atoms with Crippen molar-refractivity contribution in [3.63, 3.8) is 0 Å². The summed E-state index contributed by atoms with van der Waals surface area (Å²) in [5, 5.41) is 3.66. The summed E-state index contributed by atoms with van der Waals surface area (Å²) >= 11 is 0. The van der Waals surface area contributed by atoms with Crippen molar-refractivity contribution in [2.24, 2.45) is 5.73 Å². The first-order chi connectivity index (χ1) is 8.10. The van der Waals surface area contributed by atoms with Crippen molar-refractivity contribution in [3.05, 3.63) is 35.7 Å². The van der Waals surface area contributed by atoms with Crippen LogP contribution < -0.4 is 5.73 Å². The molecule has 0 saturated carbocycles. The van der Waals surface area contributed by atoms with Gasteiger partial charge in [-0.05, 0) is 12.1 Å². The van der Waals surface area contributed by atoms with E-state index in [2.05, 4.69) is 10.1 Å². The van der Waals surface area contributed by atoms with Crippen LogP contribution in [-0.2, 0) is 0 Å². The van der Waals surface area contributed by atoms with Gasteiger partial charge in [-0.25, -0.2) is 8.78 Å². The molecule has 1 aromatic carbocycles. The molecule has 1 unspecified atom stereocenters. The van der Waals surface area contributed by atoms with Crippen LogP contribution in [0.4, 0.5) is 8.78 Å². The van der Waals surface area contributed by atoms with E-state index in [9.17, 15) is 8.78 Å². The van der Waals surface area contributed by atoms with E-state index in [1.165, 1.54) is 0 Å². The number of nitrogens with zero attached hydrogens (tertiary/aromatic N) is 2. The van der Waals surface area contributed by atoms with E-state index in [0.29, 0.717) is 12.4 Å². The van der Waals surface area contributed by atoms with Crippen LogP contribution in [0.3, 0.4) is 0 Å². The molecule has 0 fully saturated rings. The van der Waals surface area contributed by atoms with Crippen molar-refractivity contribution >= 4 is 0 Å². The third-order valence-corrected chi connectivity index (χ3v) is 2.34.